The fraction of sp³-hybridized carbons (Fsp3) is 0.750. The third-order valence-corrected chi connectivity index (χ3v) is 5.29. The lowest BCUT2D eigenvalue weighted by Crippen LogP contribution is -2.42. The Morgan fingerprint density at radius 1 is 1.42 bits per heavy atom. The molecule has 1 saturated heterocycles. The SMILES string of the molecule is CCC[C@@H]1CN(CCS(C)(=O)=O)C[C@H]1NC(=O)Cn1cc(C)cn1. The molecule has 1 N–H and O–H groups in total. The quantitative estimate of drug-likeness (QED) is 0.731. The van der Waals surface area contributed by atoms with Crippen molar-refractivity contribution >= 4 is 15.7 Å². The highest BCUT2D eigenvalue weighted by atomic mass is 32.2. The van der Waals surface area contributed by atoms with Crippen LogP contribution >= 0.6 is 0 Å². The minimum Gasteiger partial charge on any atom is -0.350 e. The lowest BCUT2D eigenvalue weighted by Gasteiger charge is -2.19. The summed E-state index contributed by atoms with van der Waals surface area (Å²) in [6.45, 7) is 6.37. The van der Waals surface area contributed by atoms with E-state index in [-0.39, 0.29) is 24.2 Å². The molecule has 0 radical (unpaired) electrons. The van der Waals surface area contributed by atoms with Crippen LogP contribution in [-0.2, 0) is 21.2 Å². The molecule has 0 bridgehead atoms. The molecule has 1 aromatic rings. The summed E-state index contributed by atoms with van der Waals surface area (Å²) in [5, 5.41) is 7.24. The number of carbonyl (C=O) groups excluding carboxylic acids is 1. The van der Waals surface area contributed by atoms with E-state index < -0.39 is 9.84 Å². The van der Waals surface area contributed by atoms with E-state index in [9.17, 15) is 13.2 Å². The predicted octanol–water partition coefficient (Wildman–Crippen LogP) is 0.453. The van der Waals surface area contributed by atoms with Gasteiger partial charge in [-0.05, 0) is 24.8 Å². The van der Waals surface area contributed by atoms with Crippen LogP contribution in [0.1, 0.15) is 25.3 Å². The van der Waals surface area contributed by atoms with E-state index in [1.165, 1.54) is 6.26 Å². The normalized spacial score (nSPS) is 22.0. The lowest BCUT2D eigenvalue weighted by molar-refractivity contribution is -0.122. The Balaban J connectivity index is 1.89. The molecule has 2 rings (SSSR count). The van der Waals surface area contributed by atoms with Gasteiger partial charge in [-0.3, -0.25) is 14.4 Å². The second-order valence-electron chi connectivity index (χ2n) is 6.83. The summed E-state index contributed by atoms with van der Waals surface area (Å²) in [6, 6.07) is 0.0775. The number of rotatable bonds is 8. The molecule has 0 aliphatic carbocycles. The lowest BCUT2D eigenvalue weighted by atomic mass is 9.98. The minimum absolute atomic E-state index is 0.0471. The Hall–Kier alpha value is -1.41. The van der Waals surface area contributed by atoms with Crippen LogP contribution in [0.15, 0.2) is 12.4 Å². The van der Waals surface area contributed by atoms with E-state index in [2.05, 4.69) is 22.2 Å². The Labute approximate surface area is 144 Å². The first kappa shape index (κ1) is 18.9. The monoisotopic (exact) mass is 356 g/mol. The molecule has 0 unspecified atom stereocenters. The van der Waals surface area contributed by atoms with Crippen LogP contribution < -0.4 is 5.32 Å². The predicted molar refractivity (Wildman–Crippen MR) is 93.4 cm³/mol. The summed E-state index contributed by atoms with van der Waals surface area (Å²) in [4.78, 5) is 14.4. The summed E-state index contributed by atoms with van der Waals surface area (Å²) in [7, 11) is -2.96. The summed E-state index contributed by atoms with van der Waals surface area (Å²) in [5.74, 6) is 0.492. The molecule has 1 fully saturated rings. The second kappa shape index (κ2) is 8.11. The van der Waals surface area contributed by atoms with Gasteiger partial charge in [0.25, 0.3) is 0 Å². The number of hydrogen-bond acceptors (Lipinski definition) is 5. The molecule has 0 saturated carbocycles. The van der Waals surface area contributed by atoms with E-state index in [4.69, 9.17) is 0 Å². The first-order chi connectivity index (χ1) is 11.3. The Morgan fingerprint density at radius 3 is 2.75 bits per heavy atom. The van der Waals surface area contributed by atoms with Gasteiger partial charge in [-0.15, -0.1) is 0 Å². The summed E-state index contributed by atoms with van der Waals surface area (Å²) < 4.78 is 24.3. The van der Waals surface area contributed by atoms with E-state index in [0.717, 1.165) is 24.9 Å². The first-order valence-electron chi connectivity index (χ1n) is 8.45. The van der Waals surface area contributed by atoms with Gasteiger partial charge in [0.1, 0.15) is 16.4 Å². The fourth-order valence-electron chi connectivity index (χ4n) is 3.22. The van der Waals surface area contributed by atoms with Gasteiger partial charge in [0.15, 0.2) is 0 Å². The third kappa shape index (κ3) is 5.90. The molecule has 136 valence electrons. The molecule has 24 heavy (non-hydrogen) atoms. The van der Waals surface area contributed by atoms with Crippen LogP contribution in [0.3, 0.4) is 0 Å². The van der Waals surface area contributed by atoms with Gasteiger partial charge in [-0.2, -0.15) is 5.10 Å². The van der Waals surface area contributed by atoms with E-state index >= 15 is 0 Å². The molecule has 1 aromatic heterocycles. The number of sulfone groups is 1. The molecule has 0 spiro atoms. The third-order valence-electron chi connectivity index (χ3n) is 4.37. The van der Waals surface area contributed by atoms with E-state index in [1.807, 2.05) is 13.1 Å². The Kier molecular flexibility index (Phi) is 6.40. The number of hydrogen-bond donors (Lipinski definition) is 1. The van der Waals surface area contributed by atoms with Gasteiger partial charge >= 0.3 is 0 Å². The number of aromatic nitrogens is 2. The van der Waals surface area contributed by atoms with Gasteiger partial charge in [0.05, 0.1) is 11.9 Å². The van der Waals surface area contributed by atoms with Crippen molar-refractivity contribution < 1.29 is 13.2 Å². The van der Waals surface area contributed by atoms with Crippen LogP contribution in [0, 0.1) is 12.8 Å². The average Bonchev–Trinajstić information content (AvgIpc) is 3.03. The standard InChI is InChI=1S/C16H28N4O3S/c1-4-5-14-10-19(6-7-24(3,22)23)11-15(14)18-16(21)12-20-9-13(2)8-17-20/h8-9,14-15H,4-7,10-12H2,1-3H3,(H,18,21)/t14-,15-/m1/s1. The van der Waals surface area contributed by atoms with Crippen LogP contribution in [0.2, 0.25) is 0 Å². The van der Waals surface area contributed by atoms with Gasteiger partial charge in [-0.25, -0.2) is 8.42 Å². The zero-order chi connectivity index (χ0) is 17.7. The van der Waals surface area contributed by atoms with Crippen LogP contribution in [0.4, 0.5) is 0 Å². The smallest absolute Gasteiger partial charge is 0.242 e. The maximum atomic E-state index is 12.3. The number of amides is 1. The molecule has 1 amide bonds. The van der Waals surface area contributed by atoms with Gasteiger partial charge in [-0.1, -0.05) is 13.3 Å². The topological polar surface area (TPSA) is 84.3 Å². The maximum Gasteiger partial charge on any atom is 0.242 e. The number of nitrogens with one attached hydrogen (secondary N) is 1. The van der Waals surface area contributed by atoms with Crippen molar-refractivity contribution in [2.75, 3.05) is 31.6 Å². The van der Waals surface area contributed by atoms with Crippen LogP contribution in [0.25, 0.3) is 0 Å². The van der Waals surface area contributed by atoms with Crippen molar-refractivity contribution in [2.45, 2.75) is 39.3 Å². The van der Waals surface area contributed by atoms with Crippen molar-refractivity contribution in [2.24, 2.45) is 5.92 Å². The second-order valence-corrected chi connectivity index (χ2v) is 9.09. The number of likely N-dealkylation sites (tertiary alicyclic amines) is 1. The van der Waals surface area contributed by atoms with Gasteiger partial charge < -0.3 is 5.32 Å². The Bertz CT molecular complexity index is 656. The van der Waals surface area contributed by atoms with Crippen molar-refractivity contribution in [1.29, 1.82) is 0 Å². The zero-order valence-electron chi connectivity index (χ0n) is 14.7. The molecule has 8 heteroatoms. The van der Waals surface area contributed by atoms with E-state index in [0.29, 0.717) is 19.0 Å². The van der Waals surface area contributed by atoms with Crippen molar-refractivity contribution in [3.63, 3.8) is 0 Å². The number of nitrogens with zero attached hydrogens (tertiary/aromatic N) is 3. The highest BCUT2D eigenvalue weighted by Gasteiger charge is 2.33. The highest BCUT2D eigenvalue weighted by Crippen LogP contribution is 2.21. The largest absolute Gasteiger partial charge is 0.350 e. The average molecular weight is 356 g/mol. The maximum absolute atomic E-state index is 12.3. The van der Waals surface area contributed by atoms with Crippen molar-refractivity contribution in [3.8, 4) is 0 Å². The Morgan fingerprint density at radius 2 is 2.17 bits per heavy atom. The number of carbonyl (C=O) groups is 1. The van der Waals surface area contributed by atoms with Crippen molar-refractivity contribution in [1.82, 2.24) is 20.0 Å². The number of aryl methyl sites for hydroxylation is 1. The van der Waals surface area contributed by atoms with Crippen LogP contribution in [0.5, 0.6) is 0 Å². The molecular weight excluding hydrogens is 328 g/mol. The van der Waals surface area contributed by atoms with Gasteiger partial charge in [0.2, 0.25) is 5.91 Å². The highest BCUT2D eigenvalue weighted by molar-refractivity contribution is 7.90. The molecule has 2 atom stereocenters. The minimum atomic E-state index is -2.96. The molecule has 2 heterocycles. The van der Waals surface area contributed by atoms with E-state index in [1.54, 1.807) is 10.9 Å². The summed E-state index contributed by atoms with van der Waals surface area (Å²) >= 11 is 0. The molecular formula is C16H28N4O3S. The van der Waals surface area contributed by atoms with Gasteiger partial charge in [0, 0.05) is 38.1 Å². The molecule has 1 aliphatic heterocycles. The summed E-state index contributed by atoms with van der Waals surface area (Å²) in [6.07, 6.45) is 6.92. The fourth-order valence-corrected chi connectivity index (χ4v) is 3.81. The van der Waals surface area contributed by atoms with Crippen LogP contribution in [-0.4, -0.2) is 66.7 Å². The van der Waals surface area contributed by atoms with Crippen molar-refractivity contribution in [3.05, 3.63) is 18.0 Å². The first-order valence-corrected chi connectivity index (χ1v) is 10.5. The molecule has 0 aromatic carbocycles. The molecule has 7 nitrogen and oxygen atoms in total. The molecule has 1 aliphatic rings. The summed E-state index contributed by atoms with van der Waals surface area (Å²) in [5.41, 5.74) is 1.03. The zero-order valence-corrected chi connectivity index (χ0v) is 15.6.